The molecule has 1 heterocycles. The minimum absolute atomic E-state index is 0.0151. The fourth-order valence-corrected chi connectivity index (χ4v) is 1.85. The monoisotopic (exact) mass is 339 g/mol. The topological polar surface area (TPSA) is 93.0 Å². The maximum Gasteiger partial charge on any atom is 0.416 e. The Kier molecular flexibility index (Phi) is 4.97. The molecule has 0 aliphatic rings. The van der Waals surface area contributed by atoms with Crippen LogP contribution in [0.15, 0.2) is 43.2 Å². The van der Waals surface area contributed by atoms with E-state index in [0.717, 1.165) is 18.5 Å². The van der Waals surface area contributed by atoms with E-state index in [1.165, 1.54) is 18.2 Å². The van der Waals surface area contributed by atoms with Crippen LogP contribution in [0.1, 0.15) is 5.56 Å². The van der Waals surface area contributed by atoms with Crippen LogP contribution in [0, 0.1) is 10.1 Å². The Morgan fingerprint density at radius 1 is 1.29 bits per heavy atom. The Morgan fingerprint density at radius 3 is 2.62 bits per heavy atom. The molecule has 0 aliphatic heterocycles. The van der Waals surface area contributed by atoms with Gasteiger partial charge in [-0.25, -0.2) is 9.97 Å². The van der Waals surface area contributed by atoms with Crippen molar-refractivity contribution in [3.05, 3.63) is 58.9 Å². The number of benzene rings is 1. The van der Waals surface area contributed by atoms with E-state index in [2.05, 4.69) is 27.2 Å². The number of hydrogen-bond acceptors (Lipinski definition) is 6. The largest absolute Gasteiger partial charge is 0.416 e. The molecule has 10 heteroatoms. The van der Waals surface area contributed by atoms with E-state index in [0.29, 0.717) is 0 Å². The molecular weight excluding hydrogens is 327 g/mol. The first-order chi connectivity index (χ1) is 11.3. The van der Waals surface area contributed by atoms with Gasteiger partial charge in [-0.3, -0.25) is 10.1 Å². The van der Waals surface area contributed by atoms with Crippen molar-refractivity contribution >= 4 is 23.0 Å². The van der Waals surface area contributed by atoms with Crippen LogP contribution >= 0.6 is 0 Å². The lowest BCUT2D eigenvalue weighted by Gasteiger charge is -2.11. The molecule has 1 aromatic carbocycles. The molecule has 0 amide bonds. The van der Waals surface area contributed by atoms with Crippen LogP contribution in [0.5, 0.6) is 0 Å². The summed E-state index contributed by atoms with van der Waals surface area (Å²) >= 11 is 0. The summed E-state index contributed by atoms with van der Waals surface area (Å²) in [5.74, 6) is -0.287. The first kappa shape index (κ1) is 17.2. The normalized spacial score (nSPS) is 11.0. The first-order valence-electron chi connectivity index (χ1n) is 6.61. The Labute approximate surface area is 134 Å². The van der Waals surface area contributed by atoms with Crippen LogP contribution in [0.4, 0.5) is 36.2 Å². The lowest BCUT2D eigenvalue weighted by molar-refractivity contribution is -0.383. The number of nitrogens with one attached hydrogen (secondary N) is 2. The van der Waals surface area contributed by atoms with E-state index < -0.39 is 22.4 Å². The average Bonchev–Trinajstić information content (AvgIpc) is 2.52. The highest BCUT2D eigenvalue weighted by Crippen LogP contribution is 2.34. The molecule has 2 aromatic rings. The quantitative estimate of drug-likeness (QED) is 0.473. The summed E-state index contributed by atoms with van der Waals surface area (Å²) in [6, 6.07) is 4.27. The number of nitro groups is 1. The smallest absolute Gasteiger partial charge is 0.361 e. The second-order valence-corrected chi connectivity index (χ2v) is 4.55. The molecule has 24 heavy (non-hydrogen) atoms. The van der Waals surface area contributed by atoms with E-state index >= 15 is 0 Å². The molecule has 0 atom stereocenters. The van der Waals surface area contributed by atoms with Gasteiger partial charge in [0.1, 0.15) is 6.33 Å². The van der Waals surface area contributed by atoms with Crippen molar-refractivity contribution in [3.63, 3.8) is 0 Å². The third-order valence-electron chi connectivity index (χ3n) is 2.87. The van der Waals surface area contributed by atoms with Crippen molar-refractivity contribution in [1.29, 1.82) is 0 Å². The highest BCUT2D eigenvalue weighted by Gasteiger charge is 2.30. The second kappa shape index (κ2) is 6.94. The fraction of sp³-hybridized carbons (Fsp3) is 0.143. The third-order valence-corrected chi connectivity index (χ3v) is 2.87. The fourth-order valence-electron chi connectivity index (χ4n) is 1.85. The summed E-state index contributed by atoms with van der Waals surface area (Å²) in [6.07, 6.45) is -1.98. The summed E-state index contributed by atoms with van der Waals surface area (Å²) in [6.45, 7) is 3.70. The van der Waals surface area contributed by atoms with Gasteiger partial charge < -0.3 is 10.6 Å². The molecule has 2 rings (SSSR count). The van der Waals surface area contributed by atoms with Gasteiger partial charge in [0.15, 0.2) is 0 Å². The van der Waals surface area contributed by atoms with E-state index in [1.807, 2.05) is 0 Å². The lowest BCUT2D eigenvalue weighted by atomic mass is 10.2. The predicted molar refractivity (Wildman–Crippen MR) is 82.1 cm³/mol. The van der Waals surface area contributed by atoms with Crippen molar-refractivity contribution in [3.8, 4) is 0 Å². The van der Waals surface area contributed by atoms with Crippen LogP contribution < -0.4 is 10.6 Å². The number of aromatic nitrogens is 2. The van der Waals surface area contributed by atoms with Crippen molar-refractivity contribution in [2.24, 2.45) is 0 Å². The van der Waals surface area contributed by atoms with Gasteiger partial charge in [-0.15, -0.1) is 6.58 Å². The van der Waals surface area contributed by atoms with Gasteiger partial charge in [0, 0.05) is 12.2 Å². The Bertz CT molecular complexity index is 764. The van der Waals surface area contributed by atoms with Crippen LogP contribution in [0.25, 0.3) is 0 Å². The van der Waals surface area contributed by atoms with Crippen LogP contribution in [0.3, 0.4) is 0 Å². The summed E-state index contributed by atoms with van der Waals surface area (Å²) in [5.41, 5.74) is -1.34. The SMILES string of the molecule is C=CCNc1ncnc(Nc2cccc(C(F)(F)F)c2)c1[N+](=O)[O-]. The van der Waals surface area contributed by atoms with Gasteiger partial charge in [-0.2, -0.15) is 13.2 Å². The lowest BCUT2D eigenvalue weighted by Crippen LogP contribution is -2.09. The van der Waals surface area contributed by atoms with Crippen molar-refractivity contribution in [1.82, 2.24) is 9.97 Å². The summed E-state index contributed by atoms with van der Waals surface area (Å²) in [4.78, 5) is 18.1. The highest BCUT2D eigenvalue weighted by atomic mass is 19.4. The zero-order valence-corrected chi connectivity index (χ0v) is 12.2. The molecule has 0 saturated carbocycles. The number of rotatable bonds is 6. The van der Waals surface area contributed by atoms with Crippen molar-refractivity contribution in [2.45, 2.75) is 6.18 Å². The standard InChI is InChI=1S/C14H12F3N5O2/c1-2-6-18-12-11(22(23)24)13(20-8-19-12)21-10-5-3-4-9(7-10)14(15,16)17/h2-5,7-8H,1,6H2,(H2,18,19,20,21). The Hall–Kier alpha value is -3.17. The number of alkyl halides is 3. The maximum atomic E-state index is 12.7. The van der Waals surface area contributed by atoms with Gasteiger partial charge >= 0.3 is 11.9 Å². The summed E-state index contributed by atoms with van der Waals surface area (Å²) < 4.78 is 38.2. The van der Waals surface area contributed by atoms with Gasteiger partial charge in [0.25, 0.3) is 0 Å². The van der Waals surface area contributed by atoms with Crippen LogP contribution in [-0.4, -0.2) is 21.4 Å². The average molecular weight is 339 g/mol. The number of halogens is 3. The van der Waals surface area contributed by atoms with Crippen molar-refractivity contribution in [2.75, 3.05) is 17.2 Å². The molecule has 1 aromatic heterocycles. The number of hydrogen-bond donors (Lipinski definition) is 2. The zero-order valence-electron chi connectivity index (χ0n) is 12.2. The van der Waals surface area contributed by atoms with E-state index in [9.17, 15) is 23.3 Å². The maximum absolute atomic E-state index is 12.7. The predicted octanol–water partition coefficient (Wildman–Crippen LogP) is 3.75. The number of anilines is 3. The molecule has 2 N–H and O–H groups in total. The second-order valence-electron chi connectivity index (χ2n) is 4.55. The molecule has 0 bridgehead atoms. The van der Waals surface area contributed by atoms with Gasteiger partial charge in [-0.05, 0) is 18.2 Å². The van der Waals surface area contributed by atoms with Gasteiger partial charge in [0.05, 0.1) is 10.5 Å². The molecule has 0 saturated heterocycles. The van der Waals surface area contributed by atoms with E-state index in [4.69, 9.17) is 0 Å². The van der Waals surface area contributed by atoms with Crippen molar-refractivity contribution < 1.29 is 18.1 Å². The molecule has 0 unspecified atom stereocenters. The van der Waals surface area contributed by atoms with Crippen LogP contribution in [-0.2, 0) is 6.18 Å². The summed E-state index contributed by atoms with van der Waals surface area (Å²) in [5, 5.41) is 16.5. The van der Waals surface area contributed by atoms with Gasteiger partial charge in [0.2, 0.25) is 11.6 Å². The molecular formula is C14H12F3N5O2. The minimum Gasteiger partial charge on any atom is -0.361 e. The van der Waals surface area contributed by atoms with Crippen LogP contribution in [0.2, 0.25) is 0 Å². The van der Waals surface area contributed by atoms with Gasteiger partial charge in [-0.1, -0.05) is 12.1 Å². The molecule has 0 spiro atoms. The highest BCUT2D eigenvalue weighted by molar-refractivity contribution is 5.73. The minimum atomic E-state index is -4.52. The summed E-state index contributed by atoms with van der Waals surface area (Å²) in [7, 11) is 0. The molecule has 0 aliphatic carbocycles. The Morgan fingerprint density at radius 2 is 2.00 bits per heavy atom. The zero-order chi connectivity index (χ0) is 17.7. The Balaban J connectivity index is 2.39. The van der Waals surface area contributed by atoms with E-state index in [-0.39, 0.29) is 23.9 Å². The van der Waals surface area contributed by atoms with E-state index in [1.54, 1.807) is 0 Å². The number of nitrogens with zero attached hydrogens (tertiary/aromatic N) is 3. The molecule has 126 valence electrons. The molecule has 0 fully saturated rings. The molecule has 7 nitrogen and oxygen atoms in total. The molecule has 0 radical (unpaired) electrons. The first-order valence-corrected chi connectivity index (χ1v) is 6.61. The third kappa shape index (κ3) is 3.97.